The molecule has 14 heteroatoms. The Balaban J connectivity index is 1.60. The van der Waals surface area contributed by atoms with Gasteiger partial charge in [-0.15, -0.1) is 0 Å². The molecular formula is C28H31N3O11. The molecule has 4 atom stereocenters. The van der Waals surface area contributed by atoms with Crippen molar-refractivity contribution in [2.45, 2.75) is 50.5 Å². The lowest BCUT2D eigenvalue weighted by atomic mass is 9.82. The fourth-order valence-electron chi connectivity index (χ4n) is 5.70. The van der Waals surface area contributed by atoms with Gasteiger partial charge in [-0.25, -0.2) is 19.5 Å². The van der Waals surface area contributed by atoms with E-state index in [0.29, 0.717) is 16.8 Å². The molecule has 0 aromatic heterocycles. The van der Waals surface area contributed by atoms with Crippen LogP contribution in [0.15, 0.2) is 42.5 Å². The largest absolute Gasteiger partial charge is 0.449 e. The van der Waals surface area contributed by atoms with Crippen molar-refractivity contribution in [2.75, 3.05) is 32.4 Å². The van der Waals surface area contributed by atoms with E-state index in [1.165, 1.54) is 44.1 Å². The molecule has 2 amide bonds. The first-order chi connectivity index (χ1) is 20.1. The number of nitrogens with two attached hydrogens (primary N) is 1. The molecule has 3 heterocycles. The zero-order chi connectivity index (χ0) is 30.2. The van der Waals surface area contributed by atoms with E-state index in [-0.39, 0.29) is 18.9 Å². The van der Waals surface area contributed by atoms with Gasteiger partial charge >= 0.3 is 24.1 Å². The van der Waals surface area contributed by atoms with E-state index in [1.54, 1.807) is 6.07 Å². The SMILES string of the molecule is COC(OC)c1cc(OC(C)=O)c2c(c1)N1CC3C(N3C(=O)OCc3ccccc3)C(OC(C)=O)(O1)C2COC(N)=O. The summed E-state index contributed by atoms with van der Waals surface area (Å²) < 4.78 is 33.1. The second kappa shape index (κ2) is 11.5. The first kappa shape index (κ1) is 29.1. The first-order valence-electron chi connectivity index (χ1n) is 13.1. The fourth-order valence-corrected chi connectivity index (χ4v) is 5.70. The number of ether oxygens (including phenoxy) is 6. The Bertz CT molecular complexity index is 1380. The summed E-state index contributed by atoms with van der Waals surface area (Å²) in [5.41, 5.74) is 7.30. The molecule has 5 rings (SSSR count). The van der Waals surface area contributed by atoms with Gasteiger partial charge in [0.2, 0.25) is 0 Å². The van der Waals surface area contributed by atoms with Crippen molar-refractivity contribution in [3.8, 4) is 5.75 Å². The zero-order valence-electron chi connectivity index (χ0n) is 23.4. The van der Waals surface area contributed by atoms with E-state index in [2.05, 4.69) is 0 Å². The molecule has 14 nitrogen and oxygen atoms in total. The highest BCUT2D eigenvalue weighted by molar-refractivity contribution is 5.77. The Hall–Kier alpha value is -4.40. The van der Waals surface area contributed by atoms with E-state index in [9.17, 15) is 19.2 Å². The Morgan fingerprint density at radius 3 is 2.38 bits per heavy atom. The van der Waals surface area contributed by atoms with Crippen LogP contribution in [0.2, 0.25) is 0 Å². The minimum Gasteiger partial charge on any atom is -0.449 e. The summed E-state index contributed by atoms with van der Waals surface area (Å²) in [4.78, 5) is 57.6. The van der Waals surface area contributed by atoms with Crippen LogP contribution in [0.5, 0.6) is 5.75 Å². The average molecular weight is 586 g/mol. The van der Waals surface area contributed by atoms with Crippen molar-refractivity contribution in [1.29, 1.82) is 0 Å². The maximum absolute atomic E-state index is 13.3. The number of carbonyl (C=O) groups is 4. The van der Waals surface area contributed by atoms with Crippen molar-refractivity contribution >= 4 is 29.8 Å². The van der Waals surface area contributed by atoms with E-state index >= 15 is 0 Å². The number of nitrogens with zero attached hydrogens (tertiary/aromatic N) is 2. The Labute approximate surface area is 241 Å². The van der Waals surface area contributed by atoms with Gasteiger partial charge in [0, 0.05) is 39.2 Å². The van der Waals surface area contributed by atoms with Gasteiger partial charge in [0.1, 0.15) is 25.0 Å². The van der Waals surface area contributed by atoms with Crippen molar-refractivity contribution < 1.29 is 52.4 Å². The van der Waals surface area contributed by atoms with E-state index in [0.717, 1.165) is 5.56 Å². The number of methoxy groups -OCH3 is 2. The van der Waals surface area contributed by atoms with Crippen molar-refractivity contribution in [2.24, 2.45) is 5.73 Å². The lowest BCUT2D eigenvalue weighted by Gasteiger charge is -2.49. The summed E-state index contributed by atoms with van der Waals surface area (Å²) in [6, 6.07) is 11.0. The lowest BCUT2D eigenvalue weighted by molar-refractivity contribution is -0.265. The van der Waals surface area contributed by atoms with Crippen LogP contribution in [-0.2, 0) is 44.7 Å². The number of amides is 2. The molecule has 2 fully saturated rings. The van der Waals surface area contributed by atoms with Crippen LogP contribution in [0.1, 0.15) is 42.7 Å². The second-order valence-electron chi connectivity index (χ2n) is 9.96. The highest BCUT2D eigenvalue weighted by atomic mass is 16.8. The average Bonchev–Trinajstić information content (AvgIpc) is 3.68. The third-order valence-corrected chi connectivity index (χ3v) is 7.26. The summed E-state index contributed by atoms with van der Waals surface area (Å²) in [5.74, 6) is -4.28. The standard InChI is InChI=1S/C28H31N3O11/c1-15(32)40-22-11-18(25(36-3)37-4)10-20-23(22)19(14-38-26(29)34)28(41-16(2)33)24-21(12-30(20)42-28)31(24)27(35)39-13-17-8-6-5-7-9-17/h5-11,19,21,24-25H,12-14H2,1-4H3,(H2,29,34). The molecule has 2 N–H and O–H groups in total. The molecule has 2 aromatic rings. The van der Waals surface area contributed by atoms with Crippen LogP contribution in [0.3, 0.4) is 0 Å². The van der Waals surface area contributed by atoms with Crippen molar-refractivity contribution in [1.82, 2.24) is 4.90 Å². The molecule has 2 saturated heterocycles. The maximum atomic E-state index is 13.3. The van der Waals surface area contributed by atoms with Crippen molar-refractivity contribution in [3.63, 3.8) is 0 Å². The number of primary amides is 1. The Kier molecular flexibility index (Phi) is 7.95. The fraction of sp³-hybridized carbons (Fsp3) is 0.429. The molecule has 3 aliphatic heterocycles. The van der Waals surface area contributed by atoms with Gasteiger partial charge in [-0.1, -0.05) is 30.3 Å². The molecule has 0 spiro atoms. The molecule has 0 radical (unpaired) electrons. The zero-order valence-corrected chi connectivity index (χ0v) is 23.4. The monoisotopic (exact) mass is 585 g/mol. The summed E-state index contributed by atoms with van der Waals surface area (Å²) in [6.07, 6.45) is -2.59. The maximum Gasteiger partial charge on any atom is 0.411 e. The number of hydrogen-bond donors (Lipinski definition) is 1. The van der Waals surface area contributed by atoms with Gasteiger partial charge in [0.15, 0.2) is 6.29 Å². The first-order valence-corrected chi connectivity index (χ1v) is 13.1. The van der Waals surface area contributed by atoms with Gasteiger partial charge in [0.05, 0.1) is 24.2 Å². The molecule has 0 aliphatic carbocycles. The summed E-state index contributed by atoms with van der Waals surface area (Å²) >= 11 is 0. The van der Waals surface area contributed by atoms with Crippen LogP contribution in [0.4, 0.5) is 15.3 Å². The minimum absolute atomic E-state index is 0.0184. The second-order valence-corrected chi connectivity index (χ2v) is 9.96. The van der Waals surface area contributed by atoms with E-state index in [1.807, 2.05) is 30.3 Å². The lowest BCUT2D eigenvalue weighted by Crippen LogP contribution is -2.61. The highest BCUT2D eigenvalue weighted by Gasteiger charge is 2.75. The summed E-state index contributed by atoms with van der Waals surface area (Å²) in [5, 5.41) is 1.45. The molecule has 2 aromatic carbocycles. The number of hydrogen-bond acceptors (Lipinski definition) is 12. The number of benzene rings is 2. The number of anilines is 1. The molecule has 3 aliphatic rings. The molecule has 42 heavy (non-hydrogen) atoms. The molecular weight excluding hydrogens is 554 g/mol. The minimum atomic E-state index is -1.89. The van der Waals surface area contributed by atoms with Crippen LogP contribution in [0, 0.1) is 0 Å². The summed E-state index contributed by atoms with van der Waals surface area (Å²) in [7, 11) is 2.89. The predicted octanol–water partition coefficient (Wildman–Crippen LogP) is 2.50. The van der Waals surface area contributed by atoms with Crippen LogP contribution in [-0.4, -0.2) is 74.3 Å². The van der Waals surface area contributed by atoms with Crippen molar-refractivity contribution in [3.05, 3.63) is 59.2 Å². The molecule has 0 saturated carbocycles. The van der Waals surface area contributed by atoms with Gasteiger partial charge in [-0.2, -0.15) is 0 Å². The highest BCUT2D eigenvalue weighted by Crippen LogP contribution is 2.59. The van der Waals surface area contributed by atoms with Gasteiger partial charge in [0.25, 0.3) is 5.79 Å². The topological polar surface area (TPSA) is 165 Å². The van der Waals surface area contributed by atoms with Crippen LogP contribution >= 0.6 is 0 Å². The number of hydroxylamine groups is 1. The van der Waals surface area contributed by atoms with E-state index < -0.39 is 60.8 Å². The Morgan fingerprint density at radius 1 is 1.05 bits per heavy atom. The van der Waals surface area contributed by atoms with E-state index in [4.69, 9.17) is 39.0 Å². The summed E-state index contributed by atoms with van der Waals surface area (Å²) in [6.45, 7) is 2.14. The Morgan fingerprint density at radius 2 is 1.76 bits per heavy atom. The smallest absolute Gasteiger partial charge is 0.411 e. The van der Waals surface area contributed by atoms with Gasteiger partial charge < -0.3 is 34.2 Å². The third-order valence-electron chi connectivity index (χ3n) is 7.26. The number of esters is 2. The third kappa shape index (κ3) is 5.31. The predicted molar refractivity (Wildman–Crippen MR) is 142 cm³/mol. The quantitative estimate of drug-likeness (QED) is 0.150. The molecule has 224 valence electrons. The molecule has 4 unspecified atom stereocenters. The normalized spacial score (nSPS) is 23.4. The number of fused-ring (bicyclic) bond motifs is 6. The number of rotatable bonds is 9. The van der Waals surface area contributed by atoms with Gasteiger partial charge in [-0.3, -0.25) is 14.5 Å². The van der Waals surface area contributed by atoms with Crippen LogP contribution < -0.4 is 15.5 Å². The van der Waals surface area contributed by atoms with Gasteiger partial charge in [-0.05, 0) is 17.7 Å². The van der Waals surface area contributed by atoms with Crippen LogP contribution in [0.25, 0.3) is 0 Å². The molecule has 2 bridgehead atoms. The number of carbonyl (C=O) groups excluding carboxylic acids is 4.